The van der Waals surface area contributed by atoms with Gasteiger partial charge < -0.3 is 15.0 Å². The third-order valence-corrected chi connectivity index (χ3v) is 5.71. The van der Waals surface area contributed by atoms with Crippen LogP contribution in [0.2, 0.25) is 10.0 Å². The molecule has 0 aliphatic rings. The molecule has 0 amide bonds. The summed E-state index contributed by atoms with van der Waals surface area (Å²) in [5.74, 6) is 0.852. The zero-order valence-electron chi connectivity index (χ0n) is 19.2. The number of halogens is 4. The SMILES string of the molecule is CCCCN(CCCC)CCCNCc1cccc(OCc2ccc(Cl)cc2Cl)c1.Cl.Cl. The first-order valence-corrected chi connectivity index (χ1v) is 12.0. The molecule has 0 saturated carbocycles. The zero-order valence-corrected chi connectivity index (χ0v) is 22.4. The summed E-state index contributed by atoms with van der Waals surface area (Å²) in [6.07, 6.45) is 6.31. The molecule has 0 unspecified atom stereocenters. The van der Waals surface area contributed by atoms with Crippen molar-refractivity contribution in [3.63, 3.8) is 0 Å². The van der Waals surface area contributed by atoms with Crippen molar-refractivity contribution in [2.45, 2.75) is 59.1 Å². The molecule has 0 aromatic heterocycles. The minimum Gasteiger partial charge on any atom is -0.489 e. The maximum Gasteiger partial charge on any atom is 0.120 e. The Morgan fingerprint density at radius 2 is 1.56 bits per heavy atom. The molecule has 0 aliphatic carbocycles. The molecule has 32 heavy (non-hydrogen) atoms. The molecule has 0 fully saturated rings. The van der Waals surface area contributed by atoms with E-state index in [1.54, 1.807) is 6.07 Å². The summed E-state index contributed by atoms with van der Waals surface area (Å²) in [6, 6.07) is 13.7. The van der Waals surface area contributed by atoms with Gasteiger partial charge in [0.15, 0.2) is 0 Å². The topological polar surface area (TPSA) is 24.5 Å². The van der Waals surface area contributed by atoms with Crippen LogP contribution in [0.25, 0.3) is 0 Å². The fraction of sp³-hybridized carbons (Fsp3) is 0.520. The lowest BCUT2D eigenvalue weighted by Crippen LogP contribution is -2.29. The van der Waals surface area contributed by atoms with E-state index in [2.05, 4.69) is 36.2 Å². The third-order valence-electron chi connectivity index (χ3n) is 5.12. The van der Waals surface area contributed by atoms with Crippen LogP contribution in [0.15, 0.2) is 42.5 Å². The number of benzene rings is 2. The molecule has 3 nitrogen and oxygen atoms in total. The van der Waals surface area contributed by atoms with Gasteiger partial charge in [-0.3, -0.25) is 0 Å². The number of hydrogen-bond acceptors (Lipinski definition) is 3. The summed E-state index contributed by atoms with van der Waals surface area (Å²) in [5, 5.41) is 4.83. The van der Waals surface area contributed by atoms with Crippen LogP contribution in [-0.4, -0.2) is 31.1 Å². The first-order valence-electron chi connectivity index (χ1n) is 11.2. The van der Waals surface area contributed by atoms with Gasteiger partial charge in [-0.05, 0) is 75.3 Å². The van der Waals surface area contributed by atoms with Gasteiger partial charge in [0.25, 0.3) is 0 Å². The van der Waals surface area contributed by atoms with E-state index in [4.69, 9.17) is 27.9 Å². The van der Waals surface area contributed by atoms with Crippen LogP contribution in [0.3, 0.4) is 0 Å². The Hall–Kier alpha value is -0.680. The van der Waals surface area contributed by atoms with Crippen molar-refractivity contribution in [1.29, 1.82) is 0 Å². The van der Waals surface area contributed by atoms with Gasteiger partial charge in [0.1, 0.15) is 12.4 Å². The fourth-order valence-corrected chi connectivity index (χ4v) is 3.77. The molecule has 0 atom stereocenters. The number of unbranched alkanes of at least 4 members (excludes halogenated alkanes) is 2. The summed E-state index contributed by atoms with van der Waals surface area (Å²) in [4.78, 5) is 2.62. The van der Waals surface area contributed by atoms with E-state index in [-0.39, 0.29) is 24.8 Å². The molecule has 1 N–H and O–H groups in total. The maximum absolute atomic E-state index is 6.23. The van der Waals surface area contributed by atoms with Crippen molar-refractivity contribution in [3.8, 4) is 5.75 Å². The fourth-order valence-electron chi connectivity index (χ4n) is 3.30. The number of hydrogen-bond donors (Lipinski definition) is 1. The van der Waals surface area contributed by atoms with Gasteiger partial charge in [-0.25, -0.2) is 0 Å². The molecule has 2 aromatic carbocycles. The first kappa shape index (κ1) is 31.3. The normalized spacial score (nSPS) is 10.5. The lowest BCUT2D eigenvalue weighted by atomic mass is 10.2. The van der Waals surface area contributed by atoms with Gasteiger partial charge in [-0.15, -0.1) is 24.8 Å². The zero-order chi connectivity index (χ0) is 21.6. The molecule has 0 aliphatic heterocycles. The maximum atomic E-state index is 6.23. The van der Waals surface area contributed by atoms with Crippen molar-refractivity contribution in [1.82, 2.24) is 10.2 Å². The lowest BCUT2D eigenvalue weighted by molar-refractivity contribution is 0.261. The van der Waals surface area contributed by atoms with E-state index in [0.717, 1.165) is 24.4 Å². The van der Waals surface area contributed by atoms with Gasteiger partial charge in [-0.2, -0.15) is 0 Å². The second kappa shape index (κ2) is 18.7. The predicted octanol–water partition coefficient (Wildman–Crippen LogP) is 7.80. The molecular weight excluding hydrogens is 486 g/mol. The van der Waals surface area contributed by atoms with Crippen molar-refractivity contribution in [2.75, 3.05) is 26.2 Å². The lowest BCUT2D eigenvalue weighted by Gasteiger charge is -2.22. The Morgan fingerprint density at radius 1 is 0.875 bits per heavy atom. The average Bonchev–Trinajstić information content (AvgIpc) is 2.74. The number of rotatable bonds is 15. The van der Waals surface area contributed by atoms with Gasteiger partial charge in [-0.1, -0.05) is 68.1 Å². The van der Waals surface area contributed by atoms with Crippen molar-refractivity contribution >= 4 is 48.0 Å². The third kappa shape index (κ3) is 12.5. The number of nitrogens with one attached hydrogen (secondary N) is 1. The monoisotopic (exact) mass is 522 g/mol. The Bertz CT molecular complexity index is 738. The Labute approximate surface area is 217 Å². The summed E-state index contributed by atoms with van der Waals surface area (Å²) < 4.78 is 5.93. The van der Waals surface area contributed by atoms with Crippen molar-refractivity contribution in [2.24, 2.45) is 0 Å². The summed E-state index contributed by atoms with van der Waals surface area (Å²) in [7, 11) is 0. The highest BCUT2D eigenvalue weighted by Gasteiger charge is 2.05. The predicted molar refractivity (Wildman–Crippen MR) is 144 cm³/mol. The summed E-state index contributed by atoms with van der Waals surface area (Å²) in [6.45, 7) is 10.5. The van der Waals surface area contributed by atoms with Crippen molar-refractivity contribution < 1.29 is 4.74 Å². The smallest absolute Gasteiger partial charge is 0.120 e. The van der Waals surface area contributed by atoms with Crippen molar-refractivity contribution in [3.05, 3.63) is 63.6 Å². The van der Waals surface area contributed by atoms with E-state index < -0.39 is 0 Å². The molecule has 0 spiro atoms. The van der Waals surface area contributed by atoms with Gasteiger partial charge >= 0.3 is 0 Å². The minimum atomic E-state index is 0. The van der Waals surface area contributed by atoms with Crippen LogP contribution in [0.5, 0.6) is 5.75 Å². The molecule has 0 radical (unpaired) electrons. The molecule has 2 rings (SSSR count). The van der Waals surface area contributed by atoms with E-state index in [1.165, 1.54) is 57.3 Å². The van der Waals surface area contributed by atoms with Gasteiger partial charge in [0.05, 0.1) is 0 Å². The van der Waals surface area contributed by atoms with E-state index >= 15 is 0 Å². The molecule has 2 aromatic rings. The highest BCUT2D eigenvalue weighted by molar-refractivity contribution is 6.35. The van der Waals surface area contributed by atoms with E-state index in [9.17, 15) is 0 Å². The average molecular weight is 524 g/mol. The van der Waals surface area contributed by atoms with Crippen LogP contribution in [0, 0.1) is 0 Å². The largest absolute Gasteiger partial charge is 0.489 e. The highest BCUT2D eigenvalue weighted by atomic mass is 35.5. The molecule has 182 valence electrons. The molecular formula is C25H38Cl4N2O. The van der Waals surface area contributed by atoms with Crippen LogP contribution < -0.4 is 10.1 Å². The number of ether oxygens (including phenoxy) is 1. The second-order valence-corrected chi connectivity index (χ2v) is 8.59. The first-order chi connectivity index (χ1) is 14.6. The Kier molecular flexibility index (Phi) is 18.3. The Morgan fingerprint density at radius 3 is 2.22 bits per heavy atom. The van der Waals surface area contributed by atoms with Crippen LogP contribution in [0.4, 0.5) is 0 Å². The summed E-state index contributed by atoms with van der Waals surface area (Å²) in [5.41, 5.74) is 2.16. The Balaban J connectivity index is 0.00000480. The van der Waals surface area contributed by atoms with Gasteiger partial charge in [0, 0.05) is 22.2 Å². The molecule has 0 heterocycles. The van der Waals surface area contributed by atoms with Gasteiger partial charge in [0.2, 0.25) is 0 Å². The second-order valence-electron chi connectivity index (χ2n) is 7.75. The molecule has 0 saturated heterocycles. The number of nitrogens with zero attached hydrogens (tertiary/aromatic N) is 1. The quantitative estimate of drug-likeness (QED) is 0.241. The van der Waals surface area contributed by atoms with Crippen LogP contribution in [-0.2, 0) is 13.2 Å². The van der Waals surface area contributed by atoms with Crippen LogP contribution >= 0.6 is 48.0 Å². The molecule has 0 bridgehead atoms. The molecule has 7 heteroatoms. The standard InChI is InChI=1S/C25H36Cl2N2O.2ClH/c1-3-5-14-29(15-6-4-2)16-8-13-28-19-21-9-7-10-24(17-21)30-20-22-11-12-23(26)18-25(22)27;;/h7,9-12,17-18,28H,3-6,8,13-16,19-20H2,1-2H3;2*1H. The van der Waals surface area contributed by atoms with E-state index in [0.29, 0.717) is 16.7 Å². The van der Waals surface area contributed by atoms with Crippen LogP contribution in [0.1, 0.15) is 57.1 Å². The highest BCUT2D eigenvalue weighted by Crippen LogP contribution is 2.23. The summed E-state index contributed by atoms with van der Waals surface area (Å²) >= 11 is 12.2. The van der Waals surface area contributed by atoms with E-state index in [1.807, 2.05) is 24.3 Å². The minimum absolute atomic E-state index is 0.